The number of hydroxylamine groups is 1. The van der Waals surface area contributed by atoms with Crippen molar-refractivity contribution in [3.05, 3.63) is 0 Å². The van der Waals surface area contributed by atoms with Gasteiger partial charge in [-0.3, -0.25) is 5.32 Å². The topological polar surface area (TPSA) is 125 Å². The quantitative estimate of drug-likeness (QED) is 0.226. The summed E-state index contributed by atoms with van der Waals surface area (Å²) in [5.74, 6) is 0. The van der Waals surface area contributed by atoms with Crippen molar-refractivity contribution in [3.63, 3.8) is 0 Å². The first kappa shape index (κ1) is 10.8. The van der Waals surface area contributed by atoms with Crippen LogP contribution in [0.15, 0.2) is 0 Å². The molecule has 0 aliphatic carbocycles. The summed E-state index contributed by atoms with van der Waals surface area (Å²) in [5.41, 5.74) is 1.67. The minimum absolute atomic E-state index is 0.409. The fourth-order valence-electron chi connectivity index (χ4n) is 1.37. The molecule has 1 unspecified atom stereocenters. The number of hydrogen-bond acceptors (Lipinski definition) is 7. The zero-order valence-corrected chi connectivity index (χ0v) is 6.83. The molecule has 78 valence electrons. The molecule has 0 radical (unpaired) electrons. The van der Waals surface area contributed by atoms with Gasteiger partial charge in [0.05, 0.1) is 24.8 Å². The van der Waals surface area contributed by atoms with Crippen molar-refractivity contribution in [2.24, 2.45) is 0 Å². The summed E-state index contributed by atoms with van der Waals surface area (Å²) in [5, 5.41) is 47.6. The molecule has 1 aliphatic rings. The van der Waals surface area contributed by atoms with Crippen molar-refractivity contribution in [1.82, 2.24) is 10.8 Å². The Morgan fingerprint density at radius 2 is 1.77 bits per heavy atom. The van der Waals surface area contributed by atoms with E-state index in [0.29, 0.717) is 0 Å². The molecule has 0 bridgehead atoms. The summed E-state index contributed by atoms with van der Waals surface area (Å²) in [7, 11) is 0. The van der Waals surface area contributed by atoms with Crippen LogP contribution < -0.4 is 10.8 Å². The molecular formula is C6H14N2O5. The summed E-state index contributed by atoms with van der Waals surface area (Å²) >= 11 is 0. The third-order valence-electron chi connectivity index (χ3n) is 2.20. The number of piperidine rings is 1. The number of hydrogen-bond donors (Lipinski definition) is 7. The molecule has 7 heteroatoms. The molecule has 1 rings (SSSR count). The van der Waals surface area contributed by atoms with Crippen molar-refractivity contribution >= 4 is 0 Å². The van der Waals surface area contributed by atoms with Crippen molar-refractivity contribution in [3.8, 4) is 0 Å². The zero-order valence-electron chi connectivity index (χ0n) is 6.83. The summed E-state index contributed by atoms with van der Waals surface area (Å²) in [6.45, 7) is -0.409. The molecule has 0 aromatic carbocycles. The molecular weight excluding hydrogens is 180 g/mol. The van der Waals surface area contributed by atoms with E-state index < -0.39 is 37.1 Å². The van der Waals surface area contributed by atoms with E-state index >= 15 is 0 Å². The van der Waals surface area contributed by atoms with Gasteiger partial charge in [-0.2, -0.15) is 5.48 Å². The lowest BCUT2D eigenvalue weighted by Crippen LogP contribution is -2.69. The van der Waals surface area contributed by atoms with E-state index in [1.807, 2.05) is 0 Å². The van der Waals surface area contributed by atoms with Crippen molar-refractivity contribution in [2.45, 2.75) is 30.5 Å². The fraction of sp³-hybridized carbons (Fsp3) is 1.00. The van der Waals surface area contributed by atoms with Crippen LogP contribution in [0.3, 0.4) is 0 Å². The lowest BCUT2D eigenvalue weighted by Gasteiger charge is -2.40. The van der Waals surface area contributed by atoms with Crippen LogP contribution in [0.5, 0.6) is 0 Å². The van der Waals surface area contributed by atoms with Gasteiger partial charge in [-0.15, -0.1) is 0 Å². The van der Waals surface area contributed by atoms with Crippen LogP contribution in [0.4, 0.5) is 0 Å². The summed E-state index contributed by atoms with van der Waals surface area (Å²) < 4.78 is 0. The van der Waals surface area contributed by atoms with Crippen LogP contribution in [0, 0.1) is 0 Å². The third kappa shape index (κ3) is 1.97. The van der Waals surface area contributed by atoms with E-state index in [1.165, 1.54) is 0 Å². The van der Waals surface area contributed by atoms with E-state index in [2.05, 4.69) is 5.32 Å². The van der Waals surface area contributed by atoms with Crippen molar-refractivity contribution in [1.29, 1.82) is 0 Å². The van der Waals surface area contributed by atoms with Crippen LogP contribution in [-0.2, 0) is 0 Å². The minimum atomic E-state index is -1.33. The van der Waals surface area contributed by atoms with Crippen LogP contribution in [-0.4, -0.2) is 62.8 Å². The van der Waals surface area contributed by atoms with E-state index in [4.69, 9.17) is 10.3 Å². The molecule has 1 heterocycles. The van der Waals surface area contributed by atoms with Gasteiger partial charge in [0.2, 0.25) is 0 Å². The Bertz CT molecular complexity index is 169. The maximum absolute atomic E-state index is 9.33. The monoisotopic (exact) mass is 194 g/mol. The Balaban J connectivity index is 2.66. The van der Waals surface area contributed by atoms with Crippen molar-refractivity contribution < 1.29 is 25.6 Å². The largest absolute Gasteiger partial charge is 0.395 e. The van der Waals surface area contributed by atoms with Gasteiger partial charge in [-0.1, -0.05) is 0 Å². The molecule has 7 nitrogen and oxygen atoms in total. The molecule has 0 saturated carbocycles. The maximum atomic E-state index is 9.33. The average Bonchev–Trinajstić information content (AvgIpc) is 2.12. The Labute approximate surface area is 74.6 Å². The van der Waals surface area contributed by atoms with Crippen molar-refractivity contribution in [2.75, 3.05) is 6.61 Å². The Kier molecular flexibility index (Phi) is 3.56. The molecule has 0 aromatic heterocycles. The van der Waals surface area contributed by atoms with Gasteiger partial charge in [-0.25, -0.2) is 0 Å². The summed E-state index contributed by atoms with van der Waals surface area (Å²) in [4.78, 5) is 0. The average molecular weight is 194 g/mol. The van der Waals surface area contributed by atoms with Crippen LogP contribution >= 0.6 is 0 Å². The van der Waals surface area contributed by atoms with E-state index in [9.17, 15) is 15.3 Å². The van der Waals surface area contributed by atoms with Gasteiger partial charge in [0, 0.05) is 0 Å². The molecule has 0 amide bonds. The molecule has 1 fully saturated rings. The summed E-state index contributed by atoms with van der Waals surface area (Å²) in [6, 6.07) is -1.87. The van der Waals surface area contributed by atoms with Crippen LogP contribution in [0.2, 0.25) is 0 Å². The molecule has 7 N–H and O–H groups in total. The molecule has 0 spiro atoms. The first-order valence-corrected chi connectivity index (χ1v) is 3.92. The molecule has 1 aliphatic heterocycles. The number of rotatable bonds is 2. The highest BCUT2D eigenvalue weighted by molar-refractivity contribution is 4.96. The highest BCUT2D eigenvalue weighted by Gasteiger charge is 2.41. The highest BCUT2D eigenvalue weighted by atomic mass is 16.5. The molecule has 13 heavy (non-hydrogen) atoms. The minimum Gasteiger partial charge on any atom is -0.395 e. The third-order valence-corrected chi connectivity index (χ3v) is 2.20. The first-order chi connectivity index (χ1) is 6.11. The number of aliphatic hydroxyl groups excluding tert-OH is 4. The summed E-state index contributed by atoms with van der Waals surface area (Å²) in [6.07, 6.45) is -3.79. The van der Waals surface area contributed by atoms with Gasteiger partial charge in [-0.05, 0) is 0 Å². The van der Waals surface area contributed by atoms with Gasteiger partial charge in [0.1, 0.15) is 12.3 Å². The smallest absolute Gasteiger partial charge is 0.125 e. The SMILES string of the molecule is OC[C@H]1NC(O)[C@H](NO)[C@@H](O)[C@@H]1O. The maximum Gasteiger partial charge on any atom is 0.125 e. The zero-order chi connectivity index (χ0) is 10.0. The fourth-order valence-corrected chi connectivity index (χ4v) is 1.37. The van der Waals surface area contributed by atoms with Gasteiger partial charge >= 0.3 is 0 Å². The molecule has 1 saturated heterocycles. The van der Waals surface area contributed by atoms with E-state index in [0.717, 1.165) is 0 Å². The van der Waals surface area contributed by atoms with E-state index in [1.54, 1.807) is 5.48 Å². The lowest BCUT2D eigenvalue weighted by atomic mass is 9.94. The lowest BCUT2D eigenvalue weighted by molar-refractivity contribution is -0.133. The Morgan fingerprint density at radius 3 is 2.23 bits per heavy atom. The second-order valence-corrected chi connectivity index (χ2v) is 3.04. The predicted octanol–water partition coefficient (Wildman–Crippen LogP) is -3.66. The first-order valence-electron chi connectivity index (χ1n) is 3.92. The van der Waals surface area contributed by atoms with E-state index in [-0.39, 0.29) is 0 Å². The van der Waals surface area contributed by atoms with Gasteiger partial charge in [0.15, 0.2) is 0 Å². The normalized spacial score (nSPS) is 46.4. The Morgan fingerprint density at radius 1 is 1.15 bits per heavy atom. The number of aliphatic hydroxyl groups is 4. The van der Waals surface area contributed by atoms with Gasteiger partial charge in [0.25, 0.3) is 0 Å². The molecule has 0 aromatic rings. The predicted molar refractivity (Wildman–Crippen MR) is 40.7 cm³/mol. The van der Waals surface area contributed by atoms with Crippen LogP contribution in [0.25, 0.3) is 0 Å². The van der Waals surface area contributed by atoms with Crippen LogP contribution in [0.1, 0.15) is 0 Å². The Hall–Kier alpha value is -0.280. The molecule has 5 atom stereocenters. The number of nitrogens with one attached hydrogen (secondary N) is 2. The second-order valence-electron chi connectivity index (χ2n) is 3.04. The van der Waals surface area contributed by atoms with Gasteiger partial charge < -0.3 is 25.6 Å². The standard InChI is InChI=1S/C6H14N2O5/c9-1-2-4(10)5(11)3(8-13)6(12)7-2/h2-13H,1H2/t2-,3-,4-,5-,6?/m1/s1. The highest BCUT2D eigenvalue weighted by Crippen LogP contribution is 2.13. The second kappa shape index (κ2) is 4.29.